The van der Waals surface area contributed by atoms with Crippen LogP contribution in [0.5, 0.6) is 0 Å². The van der Waals surface area contributed by atoms with Gasteiger partial charge in [-0.25, -0.2) is 0 Å². The van der Waals surface area contributed by atoms with Crippen molar-refractivity contribution in [1.82, 2.24) is 14.8 Å². The summed E-state index contributed by atoms with van der Waals surface area (Å²) in [6.45, 7) is 6.61. The Labute approximate surface area is 156 Å². The van der Waals surface area contributed by atoms with E-state index in [1.54, 1.807) is 6.20 Å². The van der Waals surface area contributed by atoms with E-state index in [4.69, 9.17) is 4.74 Å². The van der Waals surface area contributed by atoms with Gasteiger partial charge in [0.1, 0.15) is 0 Å². The fourth-order valence-electron chi connectivity index (χ4n) is 4.54. The zero-order chi connectivity index (χ0) is 18.1. The third-order valence-corrected chi connectivity index (χ3v) is 6.51. The molecule has 2 saturated heterocycles. The number of piperidine rings is 1. The Bertz CT molecular complexity index is 633. The van der Waals surface area contributed by atoms with Crippen molar-refractivity contribution in [1.29, 1.82) is 0 Å². The number of aryl methyl sites for hydroxylation is 1. The van der Waals surface area contributed by atoms with Crippen molar-refractivity contribution in [2.75, 3.05) is 39.9 Å². The number of rotatable bonds is 5. The number of hydrogen-bond donors (Lipinski definition) is 0. The fourth-order valence-corrected chi connectivity index (χ4v) is 4.54. The van der Waals surface area contributed by atoms with Crippen molar-refractivity contribution in [3.63, 3.8) is 0 Å². The van der Waals surface area contributed by atoms with Gasteiger partial charge in [-0.3, -0.25) is 9.78 Å². The topological polar surface area (TPSA) is 45.7 Å². The van der Waals surface area contributed by atoms with Crippen molar-refractivity contribution in [2.24, 2.45) is 11.3 Å². The molecule has 1 aromatic heterocycles. The molecule has 1 spiro atoms. The molecular weight excluding hydrogens is 326 g/mol. The van der Waals surface area contributed by atoms with Gasteiger partial charge >= 0.3 is 0 Å². The zero-order valence-electron chi connectivity index (χ0n) is 16.1. The third-order valence-electron chi connectivity index (χ3n) is 6.51. The van der Waals surface area contributed by atoms with Crippen LogP contribution in [0.2, 0.25) is 0 Å². The highest BCUT2D eigenvalue weighted by molar-refractivity contribution is 5.94. The summed E-state index contributed by atoms with van der Waals surface area (Å²) in [6, 6.07) is 4.35. The molecule has 0 unspecified atom stereocenters. The highest BCUT2D eigenvalue weighted by Gasteiger charge is 2.44. The van der Waals surface area contributed by atoms with Crippen LogP contribution in [0, 0.1) is 18.3 Å². The second-order valence-electron chi connectivity index (χ2n) is 8.73. The van der Waals surface area contributed by atoms with Crippen LogP contribution in [0.15, 0.2) is 18.3 Å². The third kappa shape index (κ3) is 3.94. The Morgan fingerprint density at radius 3 is 2.69 bits per heavy atom. The van der Waals surface area contributed by atoms with E-state index in [1.807, 2.05) is 24.0 Å². The van der Waals surface area contributed by atoms with Crippen molar-refractivity contribution in [3.8, 4) is 0 Å². The maximum Gasteiger partial charge on any atom is 0.255 e. The summed E-state index contributed by atoms with van der Waals surface area (Å²) < 4.78 is 5.96. The summed E-state index contributed by atoms with van der Waals surface area (Å²) in [7, 11) is 2.23. The van der Waals surface area contributed by atoms with E-state index < -0.39 is 0 Å². The SMILES string of the molecule is Cc1ccc(C(=O)N2CCC3(CC2)C[C@H](COCC2CC2)N(C)C3)cn1. The van der Waals surface area contributed by atoms with E-state index >= 15 is 0 Å². The van der Waals surface area contributed by atoms with Crippen LogP contribution in [0.25, 0.3) is 0 Å². The number of amides is 1. The van der Waals surface area contributed by atoms with E-state index in [9.17, 15) is 4.79 Å². The number of carbonyl (C=O) groups is 1. The molecule has 1 atom stereocenters. The van der Waals surface area contributed by atoms with Gasteiger partial charge in [0, 0.05) is 44.2 Å². The Morgan fingerprint density at radius 1 is 1.27 bits per heavy atom. The summed E-state index contributed by atoms with van der Waals surface area (Å²) in [5.41, 5.74) is 2.02. The quantitative estimate of drug-likeness (QED) is 0.813. The molecule has 0 radical (unpaired) electrons. The highest BCUT2D eigenvalue weighted by atomic mass is 16.5. The Kier molecular flexibility index (Phi) is 5.02. The Hall–Kier alpha value is -1.46. The van der Waals surface area contributed by atoms with Gasteiger partial charge in [0.05, 0.1) is 12.2 Å². The molecule has 0 aromatic carbocycles. The minimum absolute atomic E-state index is 0.128. The average molecular weight is 357 g/mol. The maximum absolute atomic E-state index is 12.7. The monoisotopic (exact) mass is 357 g/mol. The standard InChI is InChI=1S/C21H31N3O2/c1-16-3-6-18(12-22-16)20(25)24-9-7-21(8-10-24)11-19(23(2)15-21)14-26-13-17-4-5-17/h3,6,12,17,19H,4-5,7-11,13-15H2,1-2H3/t19-/m1/s1. The molecule has 1 saturated carbocycles. The summed E-state index contributed by atoms with van der Waals surface area (Å²) in [5.74, 6) is 0.962. The normalized spacial score (nSPS) is 25.8. The molecule has 3 aliphatic rings. The van der Waals surface area contributed by atoms with Crippen LogP contribution in [0.1, 0.15) is 48.2 Å². The molecule has 3 heterocycles. The van der Waals surface area contributed by atoms with E-state index in [0.29, 0.717) is 17.0 Å². The summed E-state index contributed by atoms with van der Waals surface area (Å²) in [5, 5.41) is 0. The number of aromatic nitrogens is 1. The van der Waals surface area contributed by atoms with Crippen LogP contribution in [0.3, 0.4) is 0 Å². The van der Waals surface area contributed by atoms with Gasteiger partial charge < -0.3 is 14.5 Å². The Morgan fingerprint density at radius 2 is 2.04 bits per heavy atom. The molecule has 0 N–H and O–H groups in total. The molecule has 26 heavy (non-hydrogen) atoms. The van der Waals surface area contributed by atoms with E-state index in [1.165, 1.54) is 19.3 Å². The first-order valence-electron chi connectivity index (χ1n) is 10.0. The van der Waals surface area contributed by atoms with Gasteiger partial charge in [0.15, 0.2) is 0 Å². The van der Waals surface area contributed by atoms with Crippen LogP contribution in [-0.2, 0) is 4.74 Å². The lowest BCUT2D eigenvalue weighted by molar-refractivity contribution is 0.0587. The number of hydrogen-bond acceptors (Lipinski definition) is 4. The molecule has 2 aliphatic heterocycles. The number of likely N-dealkylation sites (tertiary alicyclic amines) is 2. The number of pyridine rings is 1. The molecule has 0 bridgehead atoms. The van der Waals surface area contributed by atoms with E-state index in [0.717, 1.165) is 57.3 Å². The average Bonchev–Trinajstić information content (AvgIpc) is 3.41. The Balaban J connectivity index is 1.29. The predicted octanol–water partition coefficient (Wildman–Crippen LogP) is 2.74. The number of nitrogens with zero attached hydrogens (tertiary/aromatic N) is 3. The molecule has 1 aliphatic carbocycles. The molecule has 142 valence electrons. The highest BCUT2D eigenvalue weighted by Crippen LogP contribution is 2.43. The molecule has 1 aromatic rings. The first-order valence-corrected chi connectivity index (χ1v) is 10.0. The minimum atomic E-state index is 0.128. The number of ether oxygens (including phenoxy) is 1. The molecular formula is C21H31N3O2. The van der Waals surface area contributed by atoms with Crippen molar-refractivity contribution >= 4 is 5.91 Å². The number of likely N-dealkylation sites (N-methyl/N-ethyl adjacent to an activating group) is 1. The van der Waals surface area contributed by atoms with E-state index in [-0.39, 0.29) is 5.91 Å². The lowest BCUT2D eigenvalue weighted by Crippen LogP contribution is -2.44. The van der Waals surface area contributed by atoms with Gasteiger partial charge in [0.2, 0.25) is 0 Å². The molecule has 5 heteroatoms. The maximum atomic E-state index is 12.7. The van der Waals surface area contributed by atoms with Crippen molar-refractivity contribution in [3.05, 3.63) is 29.6 Å². The summed E-state index contributed by atoms with van der Waals surface area (Å²) in [6.07, 6.45) is 7.82. The van der Waals surface area contributed by atoms with Crippen molar-refractivity contribution in [2.45, 2.75) is 45.1 Å². The molecule has 3 fully saturated rings. The predicted molar refractivity (Wildman–Crippen MR) is 101 cm³/mol. The van der Waals surface area contributed by atoms with Crippen LogP contribution in [0.4, 0.5) is 0 Å². The lowest BCUT2D eigenvalue weighted by atomic mass is 9.76. The molecule has 1 amide bonds. The van der Waals surface area contributed by atoms with Crippen LogP contribution in [-0.4, -0.2) is 66.6 Å². The van der Waals surface area contributed by atoms with Crippen LogP contribution < -0.4 is 0 Å². The van der Waals surface area contributed by atoms with Gasteiger partial charge in [-0.05, 0) is 69.5 Å². The number of carbonyl (C=O) groups excluding carboxylic acids is 1. The second-order valence-corrected chi connectivity index (χ2v) is 8.73. The van der Waals surface area contributed by atoms with Gasteiger partial charge in [-0.2, -0.15) is 0 Å². The fraction of sp³-hybridized carbons (Fsp3) is 0.714. The first kappa shape index (κ1) is 17.9. The summed E-state index contributed by atoms with van der Waals surface area (Å²) in [4.78, 5) is 21.5. The largest absolute Gasteiger partial charge is 0.380 e. The molecule has 5 nitrogen and oxygen atoms in total. The van der Waals surface area contributed by atoms with E-state index in [2.05, 4.69) is 16.9 Å². The first-order chi connectivity index (χ1) is 12.5. The van der Waals surface area contributed by atoms with Gasteiger partial charge in [-0.1, -0.05) is 0 Å². The zero-order valence-corrected chi connectivity index (χ0v) is 16.1. The summed E-state index contributed by atoms with van der Waals surface area (Å²) >= 11 is 0. The second kappa shape index (κ2) is 7.28. The van der Waals surface area contributed by atoms with Crippen LogP contribution >= 0.6 is 0 Å². The molecule has 4 rings (SSSR count). The van der Waals surface area contributed by atoms with Gasteiger partial charge in [0.25, 0.3) is 5.91 Å². The van der Waals surface area contributed by atoms with Gasteiger partial charge in [-0.15, -0.1) is 0 Å². The van der Waals surface area contributed by atoms with Crippen molar-refractivity contribution < 1.29 is 9.53 Å². The minimum Gasteiger partial charge on any atom is -0.380 e. The lowest BCUT2D eigenvalue weighted by Gasteiger charge is -2.39. The smallest absolute Gasteiger partial charge is 0.255 e.